The molecule has 230 valence electrons. The minimum Gasteiger partial charge on any atom is -0.652 e. The van der Waals surface area contributed by atoms with E-state index in [0.29, 0.717) is 53.1 Å². The van der Waals surface area contributed by atoms with Gasteiger partial charge in [-0.25, -0.2) is 19.3 Å². The van der Waals surface area contributed by atoms with Crippen molar-refractivity contribution in [2.45, 2.75) is 39.5 Å². The van der Waals surface area contributed by atoms with Crippen LogP contribution in [0, 0.1) is 65.5 Å². The third-order valence-electron chi connectivity index (χ3n) is 6.97. The van der Waals surface area contributed by atoms with Gasteiger partial charge in [-0.15, -0.1) is 0 Å². The topological polar surface area (TPSA) is 108 Å². The molecule has 44 heavy (non-hydrogen) atoms. The van der Waals surface area contributed by atoms with E-state index in [1.165, 1.54) is 12.4 Å². The number of aryl methyl sites for hydroxylation is 1. The van der Waals surface area contributed by atoms with Gasteiger partial charge in [0.25, 0.3) is 0 Å². The Kier molecular flexibility index (Phi) is 13.6. The standard InChI is InChI=1S/C33H37FN7O2.Sm/c1-6-10-23(12-9-18-36-30(42)7-2)11-8-13-26-32(35-4)33(38-20-37-26)40-25-15-17-29(22(3)31(25)34)43-24-14-16-28-27(19-24)39-21-41(28)5;/h7-8,12-17,19-21,23H,2,4,6,9-11,18H2,1,3,5H3,(H2,36,37,38,40,42);/q-1;/p-1/b13-8-;. The average Bonchev–Trinajstić information content (AvgIpc) is 3.38. The monoisotopic (exact) mass is 733 g/mol. The van der Waals surface area contributed by atoms with E-state index < -0.39 is 5.82 Å². The summed E-state index contributed by atoms with van der Waals surface area (Å²) in [6, 6.07) is 8.87. The van der Waals surface area contributed by atoms with Gasteiger partial charge >= 0.3 is 0 Å². The number of nitrogens with zero attached hydrogens (tertiary/aromatic N) is 6. The second kappa shape index (κ2) is 17.1. The van der Waals surface area contributed by atoms with Crippen LogP contribution in [0.2, 0.25) is 0 Å². The number of hydrogen-bond donors (Lipinski definition) is 1. The Hall–Kier alpha value is -3.52. The Morgan fingerprint density at radius 1 is 1.27 bits per heavy atom. The molecular formula is C33H36FN7O2Sm-2. The van der Waals surface area contributed by atoms with Crippen LogP contribution >= 0.6 is 0 Å². The first kappa shape index (κ1) is 35.0. The molecule has 0 saturated heterocycles. The minimum atomic E-state index is -0.471. The van der Waals surface area contributed by atoms with Gasteiger partial charge in [0.1, 0.15) is 23.5 Å². The number of amides is 1. The number of carbonyl (C=O) groups is 1. The van der Waals surface area contributed by atoms with Gasteiger partial charge in [0, 0.05) is 59.1 Å². The summed E-state index contributed by atoms with van der Waals surface area (Å²) in [6.07, 6.45) is 14.0. The van der Waals surface area contributed by atoms with Crippen molar-refractivity contribution in [3.05, 3.63) is 90.5 Å². The summed E-state index contributed by atoms with van der Waals surface area (Å²) in [6.45, 7) is 11.4. The molecule has 0 bridgehead atoms. The van der Waals surface area contributed by atoms with E-state index in [2.05, 4.69) is 57.2 Å². The van der Waals surface area contributed by atoms with Crippen LogP contribution in [0.3, 0.4) is 0 Å². The van der Waals surface area contributed by atoms with Crippen molar-refractivity contribution < 1.29 is 54.3 Å². The van der Waals surface area contributed by atoms with Crippen LogP contribution in [-0.2, 0) is 11.8 Å². The van der Waals surface area contributed by atoms with Gasteiger partial charge in [0.2, 0.25) is 0 Å². The second-order valence-electron chi connectivity index (χ2n) is 10.0. The summed E-state index contributed by atoms with van der Waals surface area (Å²) in [5.41, 5.74) is 3.31. The molecule has 0 fully saturated rings. The molecule has 0 spiro atoms. The SMILES string of the molecule is C=CC(=O)[N-]CC[CH-]C(C/C=C\c1ncnc(Nc2ccc(Oc3ccc4c(c3)ncn4C)c(C)c2F)c1N=C)CCC.[Sm]. The zero-order chi connectivity index (χ0) is 30.8. The number of aromatic nitrogens is 4. The maximum atomic E-state index is 15.5. The molecule has 1 N–H and O–H groups in total. The molecule has 2 heterocycles. The van der Waals surface area contributed by atoms with E-state index in [4.69, 9.17) is 4.74 Å². The van der Waals surface area contributed by atoms with Gasteiger partial charge in [-0.05, 0) is 50.1 Å². The van der Waals surface area contributed by atoms with Crippen molar-refractivity contribution in [2.75, 3.05) is 11.9 Å². The zero-order valence-corrected chi connectivity index (χ0v) is 27.8. The predicted molar refractivity (Wildman–Crippen MR) is 171 cm³/mol. The van der Waals surface area contributed by atoms with Crippen LogP contribution in [0.25, 0.3) is 22.4 Å². The van der Waals surface area contributed by atoms with Crippen LogP contribution in [-0.4, -0.2) is 38.7 Å². The maximum Gasteiger partial charge on any atom is 0.160 e. The Morgan fingerprint density at radius 3 is 2.84 bits per heavy atom. The first-order valence-electron chi connectivity index (χ1n) is 14.1. The van der Waals surface area contributed by atoms with Crippen LogP contribution in [0.5, 0.6) is 11.5 Å². The van der Waals surface area contributed by atoms with Gasteiger partial charge < -0.3 is 31.2 Å². The van der Waals surface area contributed by atoms with Crippen molar-refractivity contribution in [1.29, 1.82) is 0 Å². The molecule has 2 aromatic carbocycles. The molecule has 1 amide bonds. The number of nitrogens with one attached hydrogen (secondary N) is 1. The minimum absolute atomic E-state index is 0. The van der Waals surface area contributed by atoms with Crippen molar-refractivity contribution in [3.63, 3.8) is 0 Å². The third kappa shape index (κ3) is 9.00. The van der Waals surface area contributed by atoms with Crippen LogP contribution in [0.4, 0.5) is 21.6 Å². The fourth-order valence-electron chi connectivity index (χ4n) is 4.68. The smallest absolute Gasteiger partial charge is 0.160 e. The van der Waals surface area contributed by atoms with E-state index in [-0.39, 0.29) is 52.0 Å². The number of aliphatic imine (C=N–C) groups is 1. The molecule has 0 saturated carbocycles. The summed E-state index contributed by atoms with van der Waals surface area (Å²) in [4.78, 5) is 28.4. The largest absolute Gasteiger partial charge is 0.652 e. The number of allylic oxidation sites excluding steroid dienone is 1. The van der Waals surface area contributed by atoms with Gasteiger partial charge in [-0.1, -0.05) is 38.8 Å². The Bertz CT molecular complexity index is 1640. The fourth-order valence-corrected chi connectivity index (χ4v) is 4.68. The summed E-state index contributed by atoms with van der Waals surface area (Å²) in [5, 5.41) is 6.97. The number of imidazole rings is 1. The number of ether oxygens (including phenoxy) is 1. The molecular weight excluding hydrogens is 696 g/mol. The molecule has 0 aliphatic heterocycles. The number of carbonyl (C=O) groups excluding carboxylic acids is 1. The fraction of sp³-hybridized carbons (Fsp3) is 0.273. The number of halogens is 1. The van der Waals surface area contributed by atoms with Gasteiger partial charge in [0.15, 0.2) is 11.6 Å². The van der Waals surface area contributed by atoms with E-state index in [1.807, 2.05) is 42.0 Å². The summed E-state index contributed by atoms with van der Waals surface area (Å²) >= 11 is 0. The molecule has 0 aliphatic carbocycles. The average molecular weight is 732 g/mol. The van der Waals surface area contributed by atoms with Crippen molar-refractivity contribution in [2.24, 2.45) is 18.0 Å². The molecule has 0 radical (unpaired) electrons. The zero-order valence-electron chi connectivity index (χ0n) is 25.2. The van der Waals surface area contributed by atoms with Crippen molar-refractivity contribution in [1.82, 2.24) is 19.5 Å². The van der Waals surface area contributed by atoms with Crippen molar-refractivity contribution in [3.8, 4) is 11.5 Å². The van der Waals surface area contributed by atoms with Crippen molar-refractivity contribution >= 4 is 46.9 Å². The number of rotatable bonds is 15. The Morgan fingerprint density at radius 2 is 2.09 bits per heavy atom. The van der Waals surface area contributed by atoms with E-state index in [9.17, 15) is 4.79 Å². The van der Waals surface area contributed by atoms with E-state index in [1.54, 1.807) is 25.4 Å². The van der Waals surface area contributed by atoms with Gasteiger partial charge in [-0.2, -0.15) is 18.9 Å². The number of hydrogen-bond acceptors (Lipinski definition) is 7. The predicted octanol–water partition coefficient (Wildman–Crippen LogP) is 8.18. The summed E-state index contributed by atoms with van der Waals surface area (Å²) < 4.78 is 23.4. The van der Waals surface area contributed by atoms with Gasteiger partial charge in [0.05, 0.1) is 34.6 Å². The third-order valence-corrected chi connectivity index (χ3v) is 6.97. The van der Waals surface area contributed by atoms with Crippen LogP contribution in [0.15, 0.2) is 66.7 Å². The molecule has 11 heteroatoms. The first-order chi connectivity index (χ1) is 20.8. The van der Waals surface area contributed by atoms with Crippen LogP contribution < -0.4 is 10.1 Å². The molecule has 0 aliphatic rings. The second-order valence-corrected chi connectivity index (χ2v) is 10.0. The van der Waals surface area contributed by atoms with Gasteiger partial charge in [-0.3, -0.25) is 4.99 Å². The Balaban J connectivity index is 0.00000529. The maximum absolute atomic E-state index is 15.5. The Labute approximate surface area is 290 Å². The van der Waals surface area contributed by atoms with E-state index >= 15 is 4.39 Å². The number of anilines is 2. The first-order valence-corrected chi connectivity index (χ1v) is 14.1. The normalized spacial score (nSPS) is 11.6. The molecule has 2 aromatic heterocycles. The number of benzene rings is 2. The number of fused-ring (bicyclic) bond motifs is 1. The molecule has 4 rings (SSSR count). The van der Waals surface area contributed by atoms with E-state index in [0.717, 1.165) is 30.3 Å². The molecule has 1 unspecified atom stereocenters. The summed E-state index contributed by atoms with van der Waals surface area (Å²) in [7, 11) is 1.92. The molecule has 9 nitrogen and oxygen atoms in total. The molecule has 1 atom stereocenters. The summed E-state index contributed by atoms with van der Waals surface area (Å²) in [5.74, 6) is 0.862. The molecule has 4 aromatic rings. The van der Waals surface area contributed by atoms with Crippen LogP contribution in [0.1, 0.15) is 43.9 Å². The quantitative estimate of drug-likeness (QED) is 0.0572.